The number of nitrogens with one attached hydrogen (secondary N) is 1. The molecule has 0 unspecified atom stereocenters. The molecule has 0 fully saturated rings. The molecule has 0 heterocycles. The zero-order valence-electron chi connectivity index (χ0n) is 17.2. The van der Waals surface area contributed by atoms with E-state index in [2.05, 4.69) is 10.3 Å². The number of hydrogen-bond donors (Lipinski definition) is 1. The highest BCUT2D eigenvalue weighted by atomic mass is 35.5. The highest BCUT2D eigenvalue weighted by molar-refractivity contribution is 6.32. The maximum atomic E-state index is 12.3. The van der Waals surface area contributed by atoms with E-state index in [-0.39, 0.29) is 12.5 Å². The van der Waals surface area contributed by atoms with Crippen molar-refractivity contribution in [3.8, 4) is 11.5 Å². The second kappa shape index (κ2) is 10.8. The van der Waals surface area contributed by atoms with E-state index in [0.717, 1.165) is 16.8 Å². The second-order valence-electron chi connectivity index (χ2n) is 6.66. The lowest BCUT2D eigenvalue weighted by Gasteiger charge is -2.14. The lowest BCUT2D eigenvalue weighted by atomic mass is 10.2. The fraction of sp³-hybridized carbons (Fsp3) is 0.167. The van der Waals surface area contributed by atoms with Crippen LogP contribution in [0.3, 0.4) is 0 Å². The van der Waals surface area contributed by atoms with E-state index in [0.29, 0.717) is 33.8 Å². The smallest absolute Gasteiger partial charge is 0.262 e. The Kier molecular flexibility index (Phi) is 7.93. The van der Waals surface area contributed by atoms with Gasteiger partial charge in [-0.25, -0.2) is 0 Å². The first-order valence-electron chi connectivity index (χ1n) is 9.70. The third-order valence-electron chi connectivity index (χ3n) is 4.25. The monoisotopic (exact) mass is 456 g/mol. The van der Waals surface area contributed by atoms with Crippen molar-refractivity contribution >= 4 is 46.7 Å². The molecule has 0 aliphatic heterocycles. The highest BCUT2D eigenvalue weighted by Gasteiger charge is 2.14. The maximum Gasteiger partial charge on any atom is 0.262 e. The molecule has 3 aromatic rings. The summed E-state index contributed by atoms with van der Waals surface area (Å²) in [4.78, 5) is 16.7. The SMILES string of the molecule is CCOc1cc(C=Nc2ccccc2)cc(Cl)c1OCC(=O)Nc1ccc(C)c(Cl)c1. The fourth-order valence-electron chi connectivity index (χ4n) is 2.73. The number of nitrogens with zero attached hydrogens (tertiary/aromatic N) is 1. The molecule has 3 aromatic carbocycles. The Hall–Kier alpha value is -3.02. The highest BCUT2D eigenvalue weighted by Crippen LogP contribution is 2.36. The fourth-order valence-corrected chi connectivity index (χ4v) is 3.19. The van der Waals surface area contributed by atoms with Crippen molar-refractivity contribution in [2.45, 2.75) is 13.8 Å². The van der Waals surface area contributed by atoms with Crippen molar-refractivity contribution in [1.82, 2.24) is 0 Å². The van der Waals surface area contributed by atoms with Gasteiger partial charge in [0.25, 0.3) is 5.91 Å². The third kappa shape index (κ3) is 6.48. The number of hydrogen-bond acceptors (Lipinski definition) is 4. The van der Waals surface area contributed by atoms with Crippen LogP contribution in [0, 0.1) is 6.92 Å². The topological polar surface area (TPSA) is 59.9 Å². The predicted octanol–water partition coefficient (Wildman–Crippen LogP) is 6.47. The van der Waals surface area contributed by atoms with Gasteiger partial charge in [-0.15, -0.1) is 0 Å². The van der Waals surface area contributed by atoms with E-state index in [4.69, 9.17) is 32.7 Å². The number of ether oxygens (including phenoxy) is 2. The molecule has 3 rings (SSSR count). The summed E-state index contributed by atoms with van der Waals surface area (Å²) in [6.07, 6.45) is 1.70. The average Bonchev–Trinajstić information content (AvgIpc) is 2.75. The Morgan fingerprint density at radius 3 is 2.52 bits per heavy atom. The quantitative estimate of drug-likeness (QED) is 0.395. The second-order valence-corrected chi connectivity index (χ2v) is 7.47. The van der Waals surface area contributed by atoms with Crippen LogP contribution in [-0.4, -0.2) is 25.3 Å². The van der Waals surface area contributed by atoms with Gasteiger partial charge < -0.3 is 14.8 Å². The van der Waals surface area contributed by atoms with Gasteiger partial charge in [0.1, 0.15) is 0 Å². The Balaban J connectivity index is 1.71. The molecule has 0 aromatic heterocycles. The van der Waals surface area contributed by atoms with Gasteiger partial charge in [-0.05, 0) is 61.4 Å². The van der Waals surface area contributed by atoms with Gasteiger partial charge >= 0.3 is 0 Å². The molecule has 1 N–H and O–H groups in total. The third-order valence-corrected chi connectivity index (χ3v) is 4.94. The number of para-hydroxylation sites is 1. The van der Waals surface area contributed by atoms with Gasteiger partial charge in [-0.3, -0.25) is 9.79 Å². The number of amides is 1. The van der Waals surface area contributed by atoms with E-state index >= 15 is 0 Å². The van der Waals surface area contributed by atoms with Crippen LogP contribution in [0.2, 0.25) is 10.0 Å². The summed E-state index contributed by atoms with van der Waals surface area (Å²) >= 11 is 12.5. The molecule has 0 atom stereocenters. The van der Waals surface area contributed by atoms with Gasteiger partial charge in [-0.2, -0.15) is 0 Å². The van der Waals surface area contributed by atoms with E-state index < -0.39 is 0 Å². The van der Waals surface area contributed by atoms with Crippen molar-refractivity contribution in [1.29, 1.82) is 0 Å². The van der Waals surface area contributed by atoms with E-state index in [1.807, 2.05) is 50.2 Å². The Bertz CT molecular complexity index is 1090. The van der Waals surface area contributed by atoms with E-state index in [9.17, 15) is 4.79 Å². The Morgan fingerprint density at radius 2 is 1.81 bits per heavy atom. The van der Waals surface area contributed by atoms with Crippen LogP contribution in [0.4, 0.5) is 11.4 Å². The van der Waals surface area contributed by atoms with Gasteiger partial charge in [0.2, 0.25) is 0 Å². The minimum absolute atomic E-state index is 0.233. The van der Waals surface area contributed by atoms with E-state index in [1.54, 1.807) is 30.5 Å². The van der Waals surface area contributed by atoms with Crippen molar-refractivity contribution in [3.63, 3.8) is 0 Å². The molecule has 0 spiro atoms. The molecule has 0 bridgehead atoms. The summed E-state index contributed by atoms with van der Waals surface area (Å²) in [5.41, 5.74) is 3.10. The molecule has 0 aliphatic carbocycles. The summed E-state index contributed by atoms with van der Waals surface area (Å²) < 4.78 is 11.3. The number of carbonyl (C=O) groups excluding carboxylic acids is 1. The van der Waals surface area contributed by atoms with Gasteiger partial charge in [-0.1, -0.05) is 47.5 Å². The normalized spacial score (nSPS) is 10.8. The first-order chi connectivity index (χ1) is 15.0. The number of anilines is 1. The first kappa shape index (κ1) is 22.7. The number of aryl methyl sites for hydroxylation is 1. The zero-order chi connectivity index (χ0) is 22.2. The molecule has 31 heavy (non-hydrogen) atoms. The summed E-state index contributed by atoms with van der Waals surface area (Å²) in [6.45, 7) is 3.93. The van der Waals surface area contributed by atoms with Crippen molar-refractivity contribution in [2.24, 2.45) is 4.99 Å². The molecule has 0 radical (unpaired) electrons. The van der Waals surface area contributed by atoms with Crippen LogP contribution in [0.1, 0.15) is 18.1 Å². The molecule has 0 aliphatic rings. The summed E-state index contributed by atoms with van der Waals surface area (Å²) in [6, 6.07) is 18.3. The lowest BCUT2D eigenvalue weighted by molar-refractivity contribution is -0.118. The van der Waals surface area contributed by atoms with Crippen LogP contribution in [0.5, 0.6) is 11.5 Å². The van der Waals surface area contributed by atoms with Crippen LogP contribution in [-0.2, 0) is 4.79 Å². The number of benzene rings is 3. The van der Waals surface area contributed by atoms with Crippen LogP contribution in [0.15, 0.2) is 65.7 Å². The predicted molar refractivity (Wildman–Crippen MR) is 127 cm³/mol. The Labute approximate surface area is 191 Å². The van der Waals surface area contributed by atoms with E-state index in [1.165, 1.54) is 0 Å². The summed E-state index contributed by atoms with van der Waals surface area (Å²) in [5.74, 6) is 0.404. The molecular weight excluding hydrogens is 435 g/mol. The van der Waals surface area contributed by atoms with Crippen molar-refractivity contribution in [2.75, 3.05) is 18.5 Å². The molecule has 0 saturated carbocycles. The standard InChI is InChI=1S/C24H22Cl2N2O3/c1-3-30-22-12-17(14-27-18-7-5-4-6-8-18)11-21(26)24(22)31-15-23(29)28-19-10-9-16(2)20(25)13-19/h4-14H,3,15H2,1-2H3,(H,28,29). The molecule has 1 amide bonds. The lowest BCUT2D eigenvalue weighted by Crippen LogP contribution is -2.20. The maximum absolute atomic E-state index is 12.3. The zero-order valence-corrected chi connectivity index (χ0v) is 18.7. The minimum atomic E-state index is -0.340. The number of rotatable bonds is 8. The molecule has 160 valence electrons. The van der Waals surface area contributed by atoms with Crippen molar-refractivity contribution < 1.29 is 14.3 Å². The first-order valence-corrected chi connectivity index (χ1v) is 10.5. The number of carbonyl (C=O) groups is 1. The molecular formula is C24H22Cl2N2O3. The molecule has 7 heteroatoms. The van der Waals surface area contributed by atoms with Crippen molar-refractivity contribution in [3.05, 3.63) is 81.8 Å². The molecule has 5 nitrogen and oxygen atoms in total. The molecule has 0 saturated heterocycles. The minimum Gasteiger partial charge on any atom is -0.490 e. The Morgan fingerprint density at radius 1 is 1.03 bits per heavy atom. The number of halogens is 2. The average molecular weight is 457 g/mol. The van der Waals surface area contributed by atoms with Gasteiger partial charge in [0, 0.05) is 16.9 Å². The summed E-state index contributed by atoms with van der Waals surface area (Å²) in [7, 11) is 0. The van der Waals surface area contributed by atoms with Gasteiger partial charge in [0.05, 0.1) is 17.3 Å². The van der Waals surface area contributed by atoms with Crippen LogP contribution >= 0.6 is 23.2 Å². The summed E-state index contributed by atoms with van der Waals surface area (Å²) in [5, 5.41) is 3.65. The number of aliphatic imine (C=N–C) groups is 1. The van der Waals surface area contributed by atoms with Crippen LogP contribution < -0.4 is 14.8 Å². The van der Waals surface area contributed by atoms with Crippen LogP contribution in [0.25, 0.3) is 0 Å². The van der Waals surface area contributed by atoms with Gasteiger partial charge in [0.15, 0.2) is 18.1 Å². The largest absolute Gasteiger partial charge is 0.490 e.